The molecule has 0 radical (unpaired) electrons. The highest BCUT2D eigenvalue weighted by atomic mass is 16.5. The van der Waals surface area contributed by atoms with Crippen LogP contribution in [0.4, 0.5) is 0 Å². The molecule has 3 atom stereocenters. The van der Waals surface area contributed by atoms with Gasteiger partial charge >= 0.3 is 5.97 Å². The molecule has 1 aliphatic heterocycles. The normalized spacial score (nSPS) is 30.2. The molecule has 3 nitrogen and oxygen atoms in total. The standard InChI is InChI=1S/C13H14O3/c1-2-15-13(14)11-10-9-6-4-3-5-8(9)7-16-12(10)11/h3-6,10-12H,2,7H2,1H3/t10-,11+,12-/m1/s1. The summed E-state index contributed by atoms with van der Waals surface area (Å²) in [5.41, 5.74) is 2.47. The van der Waals surface area contributed by atoms with E-state index < -0.39 is 0 Å². The van der Waals surface area contributed by atoms with Gasteiger partial charge in [0.1, 0.15) is 0 Å². The number of rotatable bonds is 2. The smallest absolute Gasteiger partial charge is 0.312 e. The summed E-state index contributed by atoms with van der Waals surface area (Å²) in [5.74, 6) is 0.0294. The Labute approximate surface area is 94.4 Å². The SMILES string of the molecule is CCOC(=O)[C@@H]1[C@@H]2OCc3ccccc3[C@@H]21. The van der Waals surface area contributed by atoms with Crippen LogP contribution in [0.5, 0.6) is 0 Å². The summed E-state index contributed by atoms with van der Waals surface area (Å²) >= 11 is 0. The van der Waals surface area contributed by atoms with Gasteiger partial charge in [0.15, 0.2) is 0 Å². The number of esters is 1. The molecular weight excluding hydrogens is 204 g/mol. The zero-order valence-electron chi connectivity index (χ0n) is 9.18. The molecule has 0 unspecified atom stereocenters. The number of hydrogen-bond donors (Lipinski definition) is 0. The minimum atomic E-state index is -0.116. The largest absolute Gasteiger partial charge is 0.466 e. The number of hydrogen-bond acceptors (Lipinski definition) is 3. The van der Waals surface area contributed by atoms with Crippen LogP contribution in [0.1, 0.15) is 24.0 Å². The molecule has 0 bridgehead atoms. The fourth-order valence-corrected chi connectivity index (χ4v) is 2.56. The quantitative estimate of drug-likeness (QED) is 0.711. The molecule has 3 heteroatoms. The number of carbonyl (C=O) groups excluding carboxylic acids is 1. The van der Waals surface area contributed by atoms with E-state index in [0.717, 1.165) is 0 Å². The lowest BCUT2D eigenvalue weighted by atomic mass is 10.0. The van der Waals surface area contributed by atoms with E-state index in [1.54, 1.807) is 0 Å². The Kier molecular flexibility index (Phi) is 2.21. The van der Waals surface area contributed by atoms with Crippen molar-refractivity contribution >= 4 is 5.97 Å². The van der Waals surface area contributed by atoms with Gasteiger partial charge in [-0.25, -0.2) is 0 Å². The second-order valence-corrected chi connectivity index (χ2v) is 4.28. The van der Waals surface area contributed by atoms with Crippen molar-refractivity contribution in [2.75, 3.05) is 6.61 Å². The van der Waals surface area contributed by atoms with Gasteiger partial charge in [-0.05, 0) is 18.1 Å². The molecule has 2 aliphatic rings. The average molecular weight is 218 g/mol. The Bertz CT molecular complexity index is 427. The van der Waals surface area contributed by atoms with Crippen LogP contribution in [0.15, 0.2) is 24.3 Å². The van der Waals surface area contributed by atoms with Crippen molar-refractivity contribution in [1.29, 1.82) is 0 Å². The zero-order valence-corrected chi connectivity index (χ0v) is 9.18. The van der Waals surface area contributed by atoms with Crippen molar-refractivity contribution in [2.45, 2.75) is 25.6 Å². The molecule has 3 rings (SSSR count). The van der Waals surface area contributed by atoms with Gasteiger partial charge in [-0.15, -0.1) is 0 Å². The topological polar surface area (TPSA) is 35.5 Å². The lowest BCUT2D eigenvalue weighted by Gasteiger charge is -2.14. The number of carbonyl (C=O) groups is 1. The van der Waals surface area contributed by atoms with Crippen molar-refractivity contribution in [3.63, 3.8) is 0 Å². The summed E-state index contributed by atoms with van der Waals surface area (Å²) in [6.07, 6.45) is 0.0500. The molecule has 16 heavy (non-hydrogen) atoms. The van der Waals surface area contributed by atoms with E-state index in [0.29, 0.717) is 13.2 Å². The predicted molar refractivity (Wildman–Crippen MR) is 57.9 cm³/mol. The molecule has 1 fully saturated rings. The Morgan fingerprint density at radius 2 is 2.31 bits per heavy atom. The van der Waals surface area contributed by atoms with Crippen LogP contribution in [0.2, 0.25) is 0 Å². The number of ether oxygens (including phenoxy) is 2. The van der Waals surface area contributed by atoms with Gasteiger partial charge in [0.05, 0.1) is 25.2 Å². The van der Waals surface area contributed by atoms with Gasteiger partial charge in [0.2, 0.25) is 0 Å². The lowest BCUT2D eigenvalue weighted by molar-refractivity contribution is -0.145. The molecule has 1 aromatic rings. The maximum absolute atomic E-state index is 11.7. The fourth-order valence-electron chi connectivity index (χ4n) is 2.56. The number of fused-ring (bicyclic) bond motifs is 3. The van der Waals surface area contributed by atoms with Crippen LogP contribution in [-0.4, -0.2) is 18.7 Å². The van der Waals surface area contributed by atoms with Crippen LogP contribution in [0.3, 0.4) is 0 Å². The highest BCUT2D eigenvalue weighted by molar-refractivity contribution is 5.79. The maximum Gasteiger partial charge on any atom is 0.312 e. The Balaban J connectivity index is 1.85. The molecule has 0 amide bonds. The summed E-state index contributed by atoms with van der Waals surface area (Å²) in [4.78, 5) is 11.7. The third kappa shape index (κ3) is 1.35. The molecule has 1 saturated carbocycles. The van der Waals surface area contributed by atoms with Crippen molar-refractivity contribution in [1.82, 2.24) is 0 Å². The lowest BCUT2D eigenvalue weighted by Crippen LogP contribution is -2.10. The zero-order chi connectivity index (χ0) is 11.1. The van der Waals surface area contributed by atoms with Crippen LogP contribution in [0, 0.1) is 5.92 Å². The minimum absolute atomic E-state index is 0.0500. The molecule has 1 aromatic carbocycles. The van der Waals surface area contributed by atoms with E-state index in [2.05, 4.69) is 12.1 Å². The van der Waals surface area contributed by atoms with Crippen molar-refractivity contribution in [2.24, 2.45) is 5.92 Å². The van der Waals surface area contributed by atoms with Gasteiger partial charge < -0.3 is 9.47 Å². The molecular formula is C13H14O3. The second kappa shape index (κ2) is 3.59. The first-order valence-electron chi connectivity index (χ1n) is 5.69. The molecule has 1 aliphatic carbocycles. The van der Waals surface area contributed by atoms with Gasteiger partial charge in [0.25, 0.3) is 0 Å². The third-order valence-electron chi connectivity index (χ3n) is 3.36. The van der Waals surface area contributed by atoms with Crippen LogP contribution in [0.25, 0.3) is 0 Å². The van der Waals surface area contributed by atoms with E-state index in [9.17, 15) is 4.79 Å². The molecule has 84 valence electrons. The van der Waals surface area contributed by atoms with E-state index in [-0.39, 0.29) is 23.9 Å². The van der Waals surface area contributed by atoms with Crippen LogP contribution < -0.4 is 0 Å². The van der Waals surface area contributed by atoms with Crippen molar-refractivity contribution < 1.29 is 14.3 Å². The van der Waals surface area contributed by atoms with Gasteiger partial charge in [-0.3, -0.25) is 4.79 Å². The molecule has 0 spiro atoms. The Hall–Kier alpha value is -1.35. The first-order chi connectivity index (χ1) is 7.83. The minimum Gasteiger partial charge on any atom is -0.466 e. The first kappa shape index (κ1) is 9.85. The summed E-state index contributed by atoms with van der Waals surface area (Å²) in [5, 5.41) is 0. The molecule has 0 aromatic heterocycles. The van der Waals surface area contributed by atoms with E-state index in [4.69, 9.17) is 9.47 Å². The summed E-state index contributed by atoms with van der Waals surface area (Å²) in [6.45, 7) is 2.89. The van der Waals surface area contributed by atoms with Crippen molar-refractivity contribution in [3.8, 4) is 0 Å². The number of benzene rings is 1. The Morgan fingerprint density at radius 1 is 1.50 bits per heavy atom. The van der Waals surface area contributed by atoms with Crippen LogP contribution >= 0.6 is 0 Å². The predicted octanol–water partition coefficient (Wildman–Crippen LogP) is 1.86. The van der Waals surface area contributed by atoms with Crippen molar-refractivity contribution in [3.05, 3.63) is 35.4 Å². The van der Waals surface area contributed by atoms with Gasteiger partial charge in [-0.2, -0.15) is 0 Å². The van der Waals surface area contributed by atoms with E-state index in [1.165, 1.54) is 11.1 Å². The molecule has 0 saturated heterocycles. The second-order valence-electron chi connectivity index (χ2n) is 4.28. The summed E-state index contributed by atoms with van der Waals surface area (Å²) < 4.78 is 10.7. The molecule has 1 heterocycles. The summed E-state index contributed by atoms with van der Waals surface area (Å²) in [7, 11) is 0. The van der Waals surface area contributed by atoms with E-state index >= 15 is 0 Å². The monoisotopic (exact) mass is 218 g/mol. The fraction of sp³-hybridized carbons (Fsp3) is 0.462. The highest BCUT2D eigenvalue weighted by Gasteiger charge is 2.59. The summed E-state index contributed by atoms with van der Waals surface area (Å²) in [6, 6.07) is 8.17. The maximum atomic E-state index is 11.7. The third-order valence-corrected chi connectivity index (χ3v) is 3.36. The van der Waals surface area contributed by atoms with Crippen LogP contribution in [-0.2, 0) is 20.9 Å². The van der Waals surface area contributed by atoms with E-state index in [1.807, 2.05) is 19.1 Å². The Morgan fingerprint density at radius 3 is 3.12 bits per heavy atom. The first-order valence-corrected chi connectivity index (χ1v) is 5.69. The van der Waals surface area contributed by atoms with Gasteiger partial charge in [-0.1, -0.05) is 24.3 Å². The average Bonchev–Trinajstić information content (AvgIpc) is 3.04. The molecule has 0 N–H and O–H groups in total. The highest BCUT2D eigenvalue weighted by Crippen LogP contribution is 2.54. The van der Waals surface area contributed by atoms with Gasteiger partial charge in [0, 0.05) is 5.92 Å².